The molecule has 140 valence electrons. The molecule has 2 saturated carbocycles. The molecule has 25 heavy (non-hydrogen) atoms. The molecule has 0 aliphatic heterocycles. The summed E-state index contributed by atoms with van der Waals surface area (Å²) in [5, 5.41) is 3.05. The number of nitrogens with one attached hydrogen (secondary N) is 1. The Morgan fingerprint density at radius 2 is 1.92 bits per heavy atom. The summed E-state index contributed by atoms with van der Waals surface area (Å²) >= 11 is 0. The Kier molecular flexibility index (Phi) is 6.05. The van der Waals surface area contributed by atoms with E-state index in [4.69, 9.17) is 5.73 Å². The maximum atomic E-state index is 13.0. The topological polar surface area (TPSA) is 55.1 Å². The largest absolute Gasteiger partial charge is 0.416 e. The number of halogens is 4. The van der Waals surface area contributed by atoms with Crippen LogP contribution in [0.25, 0.3) is 0 Å². The van der Waals surface area contributed by atoms with Crippen molar-refractivity contribution in [1.82, 2.24) is 5.32 Å². The third kappa shape index (κ3) is 4.29. The summed E-state index contributed by atoms with van der Waals surface area (Å²) in [5.74, 6) is -0.195. The lowest BCUT2D eigenvalue weighted by Crippen LogP contribution is -2.53. The molecule has 2 atom stereocenters. The first kappa shape index (κ1) is 20.0. The van der Waals surface area contributed by atoms with Crippen LogP contribution in [0, 0.1) is 5.92 Å². The van der Waals surface area contributed by atoms with Crippen molar-refractivity contribution in [2.75, 3.05) is 0 Å². The van der Waals surface area contributed by atoms with Gasteiger partial charge in [0.2, 0.25) is 5.91 Å². The molecule has 2 fully saturated rings. The summed E-state index contributed by atoms with van der Waals surface area (Å²) in [4.78, 5) is 12.6. The van der Waals surface area contributed by atoms with Gasteiger partial charge in [-0.25, -0.2) is 0 Å². The first-order chi connectivity index (χ1) is 11.3. The number of nitrogens with two attached hydrogens (primary N) is 1. The smallest absolute Gasteiger partial charge is 0.346 e. The van der Waals surface area contributed by atoms with Gasteiger partial charge in [0.25, 0.3) is 0 Å². The molecule has 1 aromatic carbocycles. The lowest BCUT2D eigenvalue weighted by atomic mass is 9.71. The second kappa shape index (κ2) is 7.54. The predicted molar refractivity (Wildman–Crippen MR) is 92.3 cm³/mol. The molecule has 1 amide bonds. The maximum absolute atomic E-state index is 13.0. The molecule has 1 aromatic rings. The lowest BCUT2D eigenvalue weighted by molar-refractivity contribution is -0.137. The van der Waals surface area contributed by atoms with Crippen molar-refractivity contribution in [3.05, 3.63) is 35.4 Å². The Labute approximate surface area is 152 Å². The summed E-state index contributed by atoms with van der Waals surface area (Å²) < 4.78 is 38.9. The van der Waals surface area contributed by atoms with Crippen LogP contribution < -0.4 is 11.1 Å². The number of hydrogen-bond donors (Lipinski definition) is 2. The Morgan fingerprint density at radius 3 is 2.48 bits per heavy atom. The van der Waals surface area contributed by atoms with E-state index in [-0.39, 0.29) is 30.3 Å². The minimum Gasteiger partial charge on any atom is -0.346 e. The maximum Gasteiger partial charge on any atom is 0.416 e. The van der Waals surface area contributed by atoms with Gasteiger partial charge in [-0.2, -0.15) is 13.2 Å². The number of hydrogen-bond acceptors (Lipinski definition) is 2. The van der Waals surface area contributed by atoms with Gasteiger partial charge in [0.1, 0.15) is 0 Å². The van der Waals surface area contributed by atoms with Gasteiger partial charge in [-0.3, -0.25) is 4.79 Å². The molecule has 0 bridgehead atoms. The molecule has 2 unspecified atom stereocenters. The average molecular weight is 377 g/mol. The Hall–Kier alpha value is -1.27. The molecule has 3 nitrogen and oxygen atoms in total. The van der Waals surface area contributed by atoms with E-state index in [1.54, 1.807) is 6.07 Å². The Balaban J connectivity index is 0.00000225. The molecule has 0 aromatic heterocycles. The van der Waals surface area contributed by atoms with Crippen molar-refractivity contribution >= 4 is 18.3 Å². The van der Waals surface area contributed by atoms with E-state index in [1.165, 1.54) is 12.1 Å². The number of carbonyl (C=O) groups excluding carboxylic acids is 1. The van der Waals surface area contributed by atoms with Crippen LogP contribution in [0.3, 0.4) is 0 Å². The fraction of sp³-hybridized carbons (Fsp3) is 0.611. The molecule has 3 N–H and O–H groups in total. The molecule has 2 aliphatic carbocycles. The van der Waals surface area contributed by atoms with Gasteiger partial charge in [0, 0.05) is 12.0 Å². The summed E-state index contributed by atoms with van der Waals surface area (Å²) in [6.45, 7) is 0. The highest BCUT2D eigenvalue weighted by Gasteiger charge is 2.42. The molecule has 0 heterocycles. The van der Waals surface area contributed by atoms with Crippen molar-refractivity contribution in [1.29, 1.82) is 0 Å². The van der Waals surface area contributed by atoms with Gasteiger partial charge in [-0.15, -0.1) is 12.4 Å². The van der Waals surface area contributed by atoms with Crippen LogP contribution in [-0.4, -0.2) is 11.9 Å². The van der Waals surface area contributed by atoms with Crippen molar-refractivity contribution < 1.29 is 18.0 Å². The van der Waals surface area contributed by atoms with Gasteiger partial charge in [-0.05, 0) is 56.2 Å². The minimum atomic E-state index is -4.37. The van der Waals surface area contributed by atoms with E-state index in [9.17, 15) is 18.0 Å². The van der Waals surface area contributed by atoms with E-state index in [2.05, 4.69) is 5.32 Å². The molecular weight excluding hydrogens is 353 g/mol. The third-order valence-electron chi connectivity index (χ3n) is 5.40. The molecule has 7 heteroatoms. The van der Waals surface area contributed by atoms with Gasteiger partial charge in [0.05, 0.1) is 11.1 Å². The fourth-order valence-corrected chi connectivity index (χ4v) is 3.81. The SMILES string of the molecule is Cl.NC1CCCC(C(=O)NC2(c3cccc(C(F)(F)F)c3)CCC2)C1. The average Bonchev–Trinajstić information content (AvgIpc) is 2.50. The normalized spacial score (nSPS) is 25.4. The summed E-state index contributed by atoms with van der Waals surface area (Å²) in [6.07, 6.45) is 1.21. The summed E-state index contributed by atoms with van der Waals surface area (Å²) in [6, 6.07) is 5.38. The second-order valence-corrected chi connectivity index (χ2v) is 7.13. The van der Waals surface area contributed by atoms with Crippen LogP contribution >= 0.6 is 12.4 Å². The Morgan fingerprint density at radius 1 is 1.20 bits per heavy atom. The fourth-order valence-electron chi connectivity index (χ4n) is 3.81. The molecule has 2 aliphatic rings. The van der Waals surface area contributed by atoms with E-state index in [1.807, 2.05) is 0 Å². The molecule has 3 rings (SSSR count). The van der Waals surface area contributed by atoms with Gasteiger partial charge in [0.15, 0.2) is 0 Å². The molecule has 0 radical (unpaired) electrons. The number of carbonyl (C=O) groups is 1. The highest BCUT2D eigenvalue weighted by atomic mass is 35.5. The van der Waals surface area contributed by atoms with Gasteiger partial charge >= 0.3 is 6.18 Å². The monoisotopic (exact) mass is 376 g/mol. The van der Waals surface area contributed by atoms with Crippen LogP contribution in [0.1, 0.15) is 56.1 Å². The van der Waals surface area contributed by atoms with Crippen molar-refractivity contribution in [3.8, 4) is 0 Å². The second-order valence-electron chi connectivity index (χ2n) is 7.13. The Bertz CT molecular complexity index is 617. The number of benzene rings is 1. The van der Waals surface area contributed by atoms with E-state index in [0.717, 1.165) is 31.7 Å². The minimum absolute atomic E-state index is 0. The zero-order chi connectivity index (χ0) is 17.4. The van der Waals surface area contributed by atoms with Crippen LogP contribution in [0.4, 0.5) is 13.2 Å². The summed E-state index contributed by atoms with van der Waals surface area (Å²) in [7, 11) is 0. The molecule has 0 saturated heterocycles. The van der Waals surface area contributed by atoms with Gasteiger partial charge < -0.3 is 11.1 Å². The quantitative estimate of drug-likeness (QED) is 0.833. The molecule has 0 spiro atoms. The van der Waals surface area contributed by atoms with Crippen molar-refractivity contribution in [2.45, 2.75) is 62.7 Å². The van der Waals surface area contributed by atoms with Gasteiger partial charge in [-0.1, -0.05) is 18.6 Å². The van der Waals surface area contributed by atoms with E-state index in [0.29, 0.717) is 24.8 Å². The summed E-state index contributed by atoms with van der Waals surface area (Å²) in [5.41, 5.74) is 5.18. The zero-order valence-corrected chi connectivity index (χ0v) is 14.8. The van der Waals surface area contributed by atoms with Crippen molar-refractivity contribution in [2.24, 2.45) is 11.7 Å². The highest BCUT2D eigenvalue weighted by molar-refractivity contribution is 5.85. The third-order valence-corrected chi connectivity index (χ3v) is 5.40. The number of amides is 1. The van der Waals surface area contributed by atoms with E-state index < -0.39 is 17.3 Å². The number of rotatable bonds is 3. The first-order valence-electron chi connectivity index (χ1n) is 8.55. The lowest BCUT2D eigenvalue weighted by Gasteiger charge is -2.44. The van der Waals surface area contributed by atoms with Crippen LogP contribution in [0.2, 0.25) is 0 Å². The first-order valence-corrected chi connectivity index (χ1v) is 8.55. The number of alkyl halides is 3. The zero-order valence-electron chi connectivity index (χ0n) is 13.9. The molecular formula is C18H24ClF3N2O. The predicted octanol–water partition coefficient (Wildman–Crippen LogP) is 4.14. The highest BCUT2D eigenvalue weighted by Crippen LogP contribution is 2.43. The van der Waals surface area contributed by atoms with Crippen LogP contribution in [0.15, 0.2) is 24.3 Å². The van der Waals surface area contributed by atoms with E-state index >= 15 is 0 Å². The van der Waals surface area contributed by atoms with Crippen molar-refractivity contribution in [3.63, 3.8) is 0 Å². The van der Waals surface area contributed by atoms with Crippen LogP contribution in [-0.2, 0) is 16.5 Å². The standard InChI is InChI=1S/C18H23F3N2O.ClH/c19-18(20,21)14-6-2-5-13(11-14)17(8-3-9-17)23-16(24)12-4-1-7-15(22)10-12;/h2,5-6,11-12,15H,1,3-4,7-10,22H2,(H,23,24);1H. The van der Waals surface area contributed by atoms with Crippen LogP contribution in [0.5, 0.6) is 0 Å².